The minimum Gasteiger partial charge on any atom is -0.497 e. The lowest BCUT2D eigenvalue weighted by atomic mass is 10.2. The Hall–Kier alpha value is -2.31. The highest BCUT2D eigenvalue weighted by Crippen LogP contribution is 2.33. The number of hydrogen-bond donors (Lipinski definition) is 1. The molecule has 1 aliphatic rings. The molecule has 1 N–H and O–H groups in total. The number of carbonyl (C=O) groups excluding carboxylic acids is 1. The molecule has 1 saturated heterocycles. The second kappa shape index (κ2) is 7.07. The molecular formula is C18H16N2O2S2. The van der Waals surface area contributed by atoms with Crippen LogP contribution in [0.3, 0.4) is 0 Å². The van der Waals surface area contributed by atoms with E-state index >= 15 is 0 Å². The van der Waals surface area contributed by atoms with E-state index in [0.717, 1.165) is 22.6 Å². The zero-order chi connectivity index (χ0) is 17.1. The lowest BCUT2D eigenvalue weighted by Crippen LogP contribution is -2.34. The number of thiocarbonyl (C=S) groups is 1. The zero-order valence-corrected chi connectivity index (χ0v) is 14.9. The van der Waals surface area contributed by atoms with Gasteiger partial charge in [0.1, 0.15) is 5.75 Å². The number of rotatable bonds is 4. The Bertz CT molecular complexity index is 816. The van der Waals surface area contributed by atoms with Crippen LogP contribution in [0.5, 0.6) is 5.75 Å². The van der Waals surface area contributed by atoms with E-state index in [9.17, 15) is 4.79 Å². The average molecular weight is 356 g/mol. The summed E-state index contributed by atoms with van der Waals surface area (Å²) in [5, 5.41) is 1.41. The van der Waals surface area contributed by atoms with Crippen molar-refractivity contribution in [3.63, 3.8) is 0 Å². The molecule has 0 saturated carbocycles. The number of nitrogens with zero attached hydrogens (tertiary/aromatic N) is 1. The first-order valence-electron chi connectivity index (χ1n) is 7.33. The number of thioether (sulfide) groups is 1. The molecule has 0 spiro atoms. The standard InChI is InChI=1S/C18H16N2O2S2/c1-12-5-3-4-6-15(12)19-20-17(21)16(24-18(20)23)11-13-7-9-14(22-2)10-8-13/h3-11,19H,1-2H3/b16-11+. The first kappa shape index (κ1) is 16.5. The minimum atomic E-state index is -0.149. The topological polar surface area (TPSA) is 41.6 Å². The minimum absolute atomic E-state index is 0.149. The SMILES string of the molecule is COc1ccc(/C=C2/SC(=S)N(Nc3ccccc3C)C2=O)cc1. The van der Waals surface area contributed by atoms with Gasteiger partial charge in [0.15, 0.2) is 4.32 Å². The number of hydrogen-bond acceptors (Lipinski definition) is 5. The van der Waals surface area contributed by atoms with E-state index in [2.05, 4.69) is 5.43 Å². The summed E-state index contributed by atoms with van der Waals surface area (Å²) in [6.07, 6.45) is 1.83. The number of aryl methyl sites for hydroxylation is 1. The normalized spacial score (nSPS) is 15.9. The quantitative estimate of drug-likeness (QED) is 0.656. The largest absolute Gasteiger partial charge is 0.497 e. The summed E-state index contributed by atoms with van der Waals surface area (Å²) < 4.78 is 5.63. The number of nitrogens with one attached hydrogen (secondary N) is 1. The summed E-state index contributed by atoms with van der Waals surface area (Å²) in [6.45, 7) is 1.98. The number of carbonyl (C=O) groups is 1. The van der Waals surface area contributed by atoms with Crippen molar-refractivity contribution in [2.24, 2.45) is 0 Å². The van der Waals surface area contributed by atoms with Crippen LogP contribution in [0.1, 0.15) is 11.1 Å². The summed E-state index contributed by atoms with van der Waals surface area (Å²) in [5.74, 6) is 0.630. The van der Waals surface area contributed by atoms with Gasteiger partial charge in [-0.2, -0.15) is 0 Å². The Morgan fingerprint density at radius 3 is 2.54 bits per heavy atom. The van der Waals surface area contributed by atoms with Crippen LogP contribution >= 0.6 is 24.0 Å². The van der Waals surface area contributed by atoms with E-state index in [1.165, 1.54) is 16.8 Å². The van der Waals surface area contributed by atoms with Crippen molar-refractivity contribution in [3.8, 4) is 5.75 Å². The van der Waals surface area contributed by atoms with E-state index in [0.29, 0.717) is 9.23 Å². The third kappa shape index (κ3) is 3.44. The number of benzene rings is 2. The molecule has 0 aromatic heterocycles. The van der Waals surface area contributed by atoms with Crippen LogP contribution in [-0.4, -0.2) is 22.3 Å². The van der Waals surface area contributed by atoms with E-state index in [-0.39, 0.29) is 5.91 Å². The molecule has 1 amide bonds. The van der Waals surface area contributed by atoms with Crippen molar-refractivity contribution in [1.29, 1.82) is 0 Å². The molecule has 0 unspecified atom stereocenters. The molecule has 2 aromatic rings. The molecule has 1 aliphatic heterocycles. The summed E-state index contributed by atoms with van der Waals surface area (Å²) in [4.78, 5) is 13.2. The Morgan fingerprint density at radius 2 is 1.88 bits per heavy atom. The lowest BCUT2D eigenvalue weighted by Gasteiger charge is -2.18. The highest BCUT2D eigenvalue weighted by Gasteiger charge is 2.32. The number of ether oxygens (including phenoxy) is 1. The summed E-state index contributed by atoms with van der Waals surface area (Å²) >= 11 is 6.62. The number of methoxy groups -OCH3 is 1. The van der Waals surface area contributed by atoms with Gasteiger partial charge in [-0.3, -0.25) is 10.2 Å². The van der Waals surface area contributed by atoms with Crippen LogP contribution in [0.25, 0.3) is 6.08 Å². The Labute approximate surface area is 150 Å². The van der Waals surface area contributed by atoms with Gasteiger partial charge in [-0.1, -0.05) is 42.1 Å². The van der Waals surface area contributed by atoms with E-state index < -0.39 is 0 Å². The molecule has 0 aliphatic carbocycles. The maximum Gasteiger partial charge on any atom is 0.285 e. The van der Waals surface area contributed by atoms with Crippen molar-refractivity contribution >= 4 is 46.0 Å². The average Bonchev–Trinajstić information content (AvgIpc) is 2.85. The maximum atomic E-state index is 12.6. The third-order valence-electron chi connectivity index (χ3n) is 3.58. The maximum absolute atomic E-state index is 12.6. The fourth-order valence-electron chi connectivity index (χ4n) is 2.23. The highest BCUT2D eigenvalue weighted by atomic mass is 32.2. The fourth-order valence-corrected chi connectivity index (χ4v) is 3.41. The fraction of sp³-hybridized carbons (Fsp3) is 0.111. The molecule has 24 heavy (non-hydrogen) atoms. The van der Waals surface area contributed by atoms with Crippen LogP contribution in [0.15, 0.2) is 53.4 Å². The van der Waals surface area contributed by atoms with E-state index in [4.69, 9.17) is 17.0 Å². The van der Waals surface area contributed by atoms with Crippen molar-refractivity contribution in [2.75, 3.05) is 12.5 Å². The molecule has 0 bridgehead atoms. The first-order chi connectivity index (χ1) is 11.6. The van der Waals surface area contributed by atoms with Crippen LogP contribution in [0.2, 0.25) is 0 Å². The molecule has 2 aromatic carbocycles. The molecule has 122 valence electrons. The number of anilines is 1. The van der Waals surface area contributed by atoms with Crippen molar-refractivity contribution in [1.82, 2.24) is 5.01 Å². The summed E-state index contributed by atoms with van der Waals surface area (Å²) in [5.41, 5.74) is 5.93. The highest BCUT2D eigenvalue weighted by molar-refractivity contribution is 8.26. The van der Waals surface area contributed by atoms with Gasteiger partial charge in [0.25, 0.3) is 5.91 Å². The molecule has 1 heterocycles. The predicted octanol–water partition coefficient (Wildman–Crippen LogP) is 4.23. The molecular weight excluding hydrogens is 340 g/mol. The third-order valence-corrected chi connectivity index (χ3v) is 4.89. The number of para-hydroxylation sites is 1. The monoisotopic (exact) mass is 356 g/mol. The molecule has 3 rings (SSSR count). The van der Waals surface area contributed by atoms with Gasteiger partial charge in [-0.15, -0.1) is 0 Å². The van der Waals surface area contributed by atoms with E-state index in [1.54, 1.807) is 7.11 Å². The lowest BCUT2D eigenvalue weighted by molar-refractivity contribution is -0.121. The van der Waals surface area contributed by atoms with Crippen LogP contribution < -0.4 is 10.2 Å². The molecule has 4 nitrogen and oxygen atoms in total. The van der Waals surface area contributed by atoms with Crippen molar-refractivity contribution in [2.45, 2.75) is 6.92 Å². The molecule has 0 radical (unpaired) electrons. The van der Waals surface area contributed by atoms with Gasteiger partial charge >= 0.3 is 0 Å². The zero-order valence-electron chi connectivity index (χ0n) is 13.3. The summed E-state index contributed by atoms with van der Waals surface area (Å²) in [6, 6.07) is 15.3. The van der Waals surface area contributed by atoms with Crippen LogP contribution in [0.4, 0.5) is 5.69 Å². The van der Waals surface area contributed by atoms with Gasteiger partial charge in [0, 0.05) is 0 Å². The van der Waals surface area contributed by atoms with Gasteiger partial charge in [-0.05, 0) is 54.5 Å². The summed E-state index contributed by atoms with van der Waals surface area (Å²) in [7, 11) is 1.62. The Balaban J connectivity index is 1.80. The molecule has 0 atom stereocenters. The predicted molar refractivity (Wildman–Crippen MR) is 103 cm³/mol. The van der Waals surface area contributed by atoms with Crippen LogP contribution in [0, 0.1) is 6.92 Å². The Morgan fingerprint density at radius 1 is 1.17 bits per heavy atom. The second-order valence-electron chi connectivity index (χ2n) is 5.22. The van der Waals surface area contributed by atoms with Crippen LogP contribution in [-0.2, 0) is 4.79 Å². The number of amides is 1. The van der Waals surface area contributed by atoms with Gasteiger partial charge < -0.3 is 4.74 Å². The van der Waals surface area contributed by atoms with Gasteiger partial charge in [-0.25, -0.2) is 5.01 Å². The van der Waals surface area contributed by atoms with E-state index in [1.807, 2.05) is 61.5 Å². The van der Waals surface area contributed by atoms with Crippen molar-refractivity contribution < 1.29 is 9.53 Å². The molecule has 1 fully saturated rings. The van der Waals surface area contributed by atoms with Gasteiger partial charge in [0.05, 0.1) is 17.7 Å². The Kier molecular flexibility index (Phi) is 4.87. The second-order valence-corrected chi connectivity index (χ2v) is 6.89. The van der Waals surface area contributed by atoms with Gasteiger partial charge in [0.2, 0.25) is 0 Å². The molecule has 6 heteroatoms. The van der Waals surface area contributed by atoms with Crippen molar-refractivity contribution in [3.05, 3.63) is 64.6 Å². The smallest absolute Gasteiger partial charge is 0.285 e. The number of hydrazine groups is 1. The first-order valence-corrected chi connectivity index (χ1v) is 8.55.